The molecule has 0 radical (unpaired) electrons. The lowest BCUT2D eigenvalue weighted by molar-refractivity contribution is 0.0195. The normalized spacial score (nSPS) is 19.5. The predicted molar refractivity (Wildman–Crippen MR) is 88.1 cm³/mol. The lowest BCUT2D eigenvalue weighted by atomic mass is 10.0. The largest absolute Gasteiger partial charge is 0.444 e. The van der Waals surface area contributed by atoms with E-state index in [9.17, 15) is 13.2 Å². The van der Waals surface area contributed by atoms with Gasteiger partial charge in [-0.2, -0.15) is 0 Å². The third kappa shape index (κ3) is 4.94. The number of hydrogen-bond acceptors (Lipinski definition) is 5. The highest BCUT2D eigenvalue weighted by molar-refractivity contribution is 7.90. The summed E-state index contributed by atoms with van der Waals surface area (Å²) >= 11 is 0. The first kappa shape index (κ1) is 17.7. The average molecular weight is 340 g/mol. The Hall–Kier alpha value is -1.60. The van der Waals surface area contributed by atoms with Crippen LogP contribution in [0.25, 0.3) is 0 Å². The molecule has 1 fully saturated rings. The molecule has 7 heteroatoms. The van der Waals surface area contributed by atoms with Crippen molar-refractivity contribution in [2.24, 2.45) is 0 Å². The van der Waals surface area contributed by atoms with Crippen LogP contribution < -0.4 is 5.32 Å². The summed E-state index contributed by atoms with van der Waals surface area (Å²) < 4.78 is 28.4. The topological polar surface area (TPSA) is 75.7 Å². The highest BCUT2D eigenvalue weighted by Gasteiger charge is 2.28. The zero-order valence-corrected chi connectivity index (χ0v) is 14.8. The maximum absolute atomic E-state index is 12.2. The fraction of sp³-hybridized carbons (Fsp3) is 0.562. The second-order valence-electron chi connectivity index (χ2n) is 6.77. The quantitative estimate of drug-likeness (QED) is 0.891. The summed E-state index contributed by atoms with van der Waals surface area (Å²) in [5.74, 6) is 0. The predicted octanol–water partition coefficient (Wildman–Crippen LogP) is 1.97. The highest BCUT2D eigenvalue weighted by Crippen LogP contribution is 2.21. The lowest BCUT2D eigenvalue weighted by Crippen LogP contribution is -2.49. The Morgan fingerprint density at radius 2 is 1.87 bits per heavy atom. The summed E-state index contributed by atoms with van der Waals surface area (Å²) in [5, 5.41) is 3.34. The minimum Gasteiger partial charge on any atom is -0.444 e. The number of piperazine rings is 1. The van der Waals surface area contributed by atoms with Gasteiger partial charge < -0.3 is 15.0 Å². The molecule has 1 aliphatic rings. The molecule has 1 aromatic rings. The van der Waals surface area contributed by atoms with Crippen LogP contribution in [-0.2, 0) is 14.6 Å². The zero-order chi connectivity index (χ0) is 17.3. The van der Waals surface area contributed by atoms with Crippen molar-refractivity contribution in [3.8, 4) is 0 Å². The van der Waals surface area contributed by atoms with E-state index in [-0.39, 0.29) is 12.1 Å². The molecule has 1 aromatic carbocycles. The molecule has 128 valence electrons. The van der Waals surface area contributed by atoms with Gasteiger partial charge in [-0.05, 0) is 38.5 Å². The summed E-state index contributed by atoms with van der Waals surface area (Å²) in [6.07, 6.45) is 0.863. The lowest BCUT2D eigenvalue weighted by Gasteiger charge is -2.35. The first-order valence-electron chi connectivity index (χ1n) is 7.57. The van der Waals surface area contributed by atoms with Crippen LogP contribution in [-0.4, -0.2) is 50.9 Å². The molecular weight excluding hydrogens is 316 g/mol. The summed E-state index contributed by atoms with van der Waals surface area (Å²) in [6, 6.07) is 6.72. The maximum atomic E-state index is 12.2. The van der Waals surface area contributed by atoms with Crippen LogP contribution in [0.3, 0.4) is 0 Å². The standard InChI is InChI=1S/C16H24N2O4S/c1-16(2,3)22-15(19)18-10-9-17-14(11-18)12-5-7-13(8-6-12)23(4,20)21/h5-8,14,17H,9-11H2,1-4H3/t14-/m1/s1. The van der Waals surface area contributed by atoms with Crippen LogP contribution in [0.1, 0.15) is 32.4 Å². The van der Waals surface area contributed by atoms with Gasteiger partial charge >= 0.3 is 6.09 Å². The van der Waals surface area contributed by atoms with Gasteiger partial charge in [0.2, 0.25) is 0 Å². The first-order chi connectivity index (χ1) is 10.6. The van der Waals surface area contributed by atoms with Crippen molar-refractivity contribution in [1.82, 2.24) is 10.2 Å². The monoisotopic (exact) mass is 340 g/mol. The Morgan fingerprint density at radius 3 is 2.39 bits per heavy atom. The molecule has 0 spiro atoms. The van der Waals surface area contributed by atoms with Crippen molar-refractivity contribution < 1.29 is 17.9 Å². The first-order valence-corrected chi connectivity index (χ1v) is 9.47. The Labute approximate surface area is 137 Å². The van der Waals surface area contributed by atoms with E-state index in [0.29, 0.717) is 24.5 Å². The number of carbonyl (C=O) groups excluding carboxylic acids is 1. The van der Waals surface area contributed by atoms with Gasteiger partial charge in [-0.1, -0.05) is 12.1 Å². The van der Waals surface area contributed by atoms with Gasteiger partial charge in [-0.3, -0.25) is 0 Å². The Bertz CT molecular complexity index is 662. The number of amides is 1. The number of ether oxygens (including phenoxy) is 1. The Morgan fingerprint density at radius 1 is 1.26 bits per heavy atom. The molecule has 0 unspecified atom stereocenters. The number of sulfone groups is 1. The molecule has 1 N–H and O–H groups in total. The second kappa shape index (κ2) is 6.49. The van der Waals surface area contributed by atoms with Gasteiger partial charge in [0.1, 0.15) is 5.60 Å². The van der Waals surface area contributed by atoms with Crippen molar-refractivity contribution in [3.63, 3.8) is 0 Å². The van der Waals surface area contributed by atoms with Crippen LogP contribution in [0.4, 0.5) is 4.79 Å². The minimum absolute atomic E-state index is 0.0371. The number of carbonyl (C=O) groups is 1. The van der Waals surface area contributed by atoms with Crippen LogP contribution in [0.15, 0.2) is 29.2 Å². The molecule has 2 rings (SSSR count). The fourth-order valence-electron chi connectivity index (χ4n) is 2.41. The Balaban J connectivity index is 2.08. The number of hydrogen-bond donors (Lipinski definition) is 1. The van der Waals surface area contributed by atoms with E-state index >= 15 is 0 Å². The van der Waals surface area contributed by atoms with Crippen LogP contribution in [0.2, 0.25) is 0 Å². The number of nitrogens with one attached hydrogen (secondary N) is 1. The van der Waals surface area contributed by atoms with E-state index in [1.165, 1.54) is 6.26 Å². The van der Waals surface area contributed by atoms with Gasteiger partial charge in [-0.15, -0.1) is 0 Å². The molecule has 1 aliphatic heterocycles. The molecule has 23 heavy (non-hydrogen) atoms. The molecule has 1 saturated heterocycles. The molecule has 0 aromatic heterocycles. The second-order valence-corrected chi connectivity index (χ2v) is 8.79. The van der Waals surface area contributed by atoms with Gasteiger partial charge in [-0.25, -0.2) is 13.2 Å². The SMILES string of the molecule is CC(C)(C)OC(=O)N1CCN[C@@H](c2ccc(S(C)(=O)=O)cc2)C1. The van der Waals surface area contributed by atoms with Crippen LogP contribution in [0, 0.1) is 0 Å². The third-order valence-corrected chi connectivity index (χ3v) is 4.67. The van der Waals surface area contributed by atoms with E-state index in [2.05, 4.69) is 5.32 Å². The van der Waals surface area contributed by atoms with E-state index < -0.39 is 15.4 Å². The smallest absolute Gasteiger partial charge is 0.410 e. The molecule has 1 amide bonds. The average Bonchev–Trinajstić information content (AvgIpc) is 2.45. The highest BCUT2D eigenvalue weighted by atomic mass is 32.2. The van der Waals surface area contributed by atoms with Gasteiger partial charge in [0.25, 0.3) is 0 Å². The molecular formula is C16H24N2O4S. The van der Waals surface area contributed by atoms with Gasteiger partial charge in [0, 0.05) is 25.9 Å². The van der Waals surface area contributed by atoms with Gasteiger partial charge in [0.15, 0.2) is 9.84 Å². The van der Waals surface area contributed by atoms with E-state index in [0.717, 1.165) is 5.56 Å². The van der Waals surface area contributed by atoms with Crippen molar-refractivity contribution >= 4 is 15.9 Å². The number of rotatable bonds is 2. The van der Waals surface area contributed by atoms with Crippen molar-refractivity contribution in [2.75, 3.05) is 25.9 Å². The fourth-order valence-corrected chi connectivity index (χ4v) is 3.04. The molecule has 1 atom stereocenters. The number of nitrogens with zero attached hydrogens (tertiary/aromatic N) is 1. The van der Waals surface area contributed by atoms with Gasteiger partial charge in [0.05, 0.1) is 10.9 Å². The minimum atomic E-state index is -3.20. The molecule has 0 saturated carbocycles. The van der Waals surface area contributed by atoms with E-state index in [1.54, 1.807) is 29.2 Å². The summed E-state index contributed by atoms with van der Waals surface area (Å²) in [4.78, 5) is 14.1. The van der Waals surface area contributed by atoms with Crippen LogP contribution >= 0.6 is 0 Å². The molecule has 6 nitrogen and oxygen atoms in total. The maximum Gasteiger partial charge on any atom is 0.410 e. The summed E-state index contributed by atoms with van der Waals surface area (Å²) in [5.41, 5.74) is 0.430. The number of benzene rings is 1. The van der Waals surface area contributed by atoms with Crippen molar-refractivity contribution in [2.45, 2.75) is 37.3 Å². The van der Waals surface area contributed by atoms with E-state index in [4.69, 9.17) is 4.74 Å². The molecule has 0 bridgehead atoms. The van der Waals surface area contributed by atoms with Crippen molar-refractivity contribution in [3.05, 3.63) is 29.8 Å². The summed E-state index contributed by atoms with van der Waals surface area (Å²) in [6.45, 7) is 7.27. The summed E-state index contributed by atoms with van der Waals surface area (Å²) in [7, 11) is -3.20. The van der Waals surface area contributed by atoms with Crippen molar-refractivity contribution in [1.29, 1.82) is 0 Å². The van der Waals surface area contributed by atoms with E-state index in [1.807, 2.05) is 20.8 Å². The zero-order valence-electron chi connectivity index (χ0n) is 14.0. The Kier molecular flexibility index (Phi) is 5.01. The van der Waals surface area contributed by atoms with Crippen LogP contribution in [0.5, 0.6) is 0 Å². The molecule has 0 aliphatic carbocycles. The molecule has 1 heterocycles. The third-order valence-electron chi connectivity index (χ3n) is 3.54.